The highest BCUT2D eigenvalue weighted by molar-refractivity contribution is 5.94. The summed E-state index contributed by atoms with van der Waals surface area (Å²) in [6.45, 7) is 1.29. The summed E-state index contributed by atoms with van der Waals surface area (Å²) in [5.74, 6) is -0.225. The van der Waals surface area contributed by atoms with Crippen molar-refractivity contribution >= 4 is 11.6 Å². The van der Waals surface area contributed by atoms with Crippen LogP contribution in [0.5, 0.6) is 0 Å². The van der Waals surface area contributed by atoms with Gasteiger partial charge < -0.3 is 5.32 Å². The first-order chi connectivity index (χ1) is 9.83. The lowest BCUT2D eigenvalue weighted by molar-refractivity contribution is 0.0233. The molecule has 4 nitrogen and oxygen atoms in total. The molecule has 3 rings (SSSR count). The molecule has 102 valence electrons. The zero-order valence-electron chi connectivity index (χ0n) is 11.1. The number of hydrogen-bond acceptors (Lipinski definition) is 3. The Labute approximate surface area is 117 Å². The van der Waals surface area contributed by atoms with Crippen LogP contribution in [-0.4, -0.2) is 12.5 Å². The number of anilines is 1. The van der Waals surface area contributed by atoms with E-state index in [1.807, 2.05) is 48.5 Å². The maximum Gasteiger partial charge on any atom is 0.274 e. The molecule has 0 saturated heterocycles. The number of hydroxylamine groups is 1. The first-order valence-corrected chi connectivity index (χ1v) is 6.66. The van der Waals surface area contributed by atoms with Crippen LogP contribution in [0.4, 0.5) is 5.69 Å². The van der Waals surface area contributed by atoms with Crippen molar-refractivity contribution in [2.75, 3.05) is 11.9 Å². The fourth-order valence-corrected chi connectivity index (χ4v) is 2.25. The third kappa shape index (κ3) is 2.81. The highest BCUT2D eigenvalue weighted by Crippen LogP contribution is 2.23. The van der Waals surface area contributed by atoms with E-state index in [1.165, 1.54) is 5.56 Å². The van der Waals surface area contributed by atoms with Crippen LogP contribution in [0.15, 0.2) is 48.5 Å². The zero-order chi connectivity index (χ0) is 13.8. The average molecular weight is 268 g/mol. The van der Waals surface area contributed by atoms with Gasteiger partial charge >= 0.3 is 0 Å². The van der Waals surface area contributed by atoms with Gasteiger partial charge in [0.25, 0.3) is 5.91 Å². The Hall–Kier alpha value is -2.33. The Bertz CT molecular complexity index is 611. The molecule has 2 N–H and O–H groups in total. The highest BCUT2D eigenvalue weighted by Gasteiger charge is 2.13. The lowest BCUT2D eigenvalue weighted by atomic mass is 10.1. The van der Waals surface area contributed by atoms with Gasteiger partial charge in [-0.2, -0.15) is 0 Å². The van der Waals surface area contributed by atoms with Gasteiger partial charge in [-0.1, -0.05) is 36.4 Å². The minimum atomic E-state index is -0.225. The standard InChI is InChI=1S/C16H16N2O2/c19-16(18-20-11-12-4-2-1-3-5-12)14-7-6-13-8-9-17-15(13)10-14/h1-7,10,17H,8-9,11H2,(H,18,19). The molecular formula is C16H16N2O2. The van der Waals surface area contributed by atoms with Gasteiger partial charge in [0, 0.05) is 17.8 Å². The van der Waals surface area contributed by atoms with Crippen molar-refractivity contribution in [3.63, 3.8) is 0 Å². The van der Waals surface area contributed by atoms with E-state index in [0.717, 1.165) is 24.2 Å². The Morgan fingerprint density at radius 1 is 1.20 bits per heavy atom. The quantitative estimate of drug-likeness (QED) is 0.838. The molecule has 20 heavy (non-hydrogen) atoms. The van der Waals surface area contributed by atoms with E-state index in [4.69, 9.17) is 4.84 Å². The summed E-state index contributed by atoms with van der Waals surface area (Å²) >= 11 is 0. The van der Waals surface area contributed by atoms with Crippen molar-refractivity contribution in [1.82, 2.24) is 5.48 Å². The van der Waals surface area contributed by atoms with Crippen LogP contribution >= 0.6 is 0 Å². The van der Waals surface area contributed by atoms with E-state index < -0.39 is 0 Å². The summed E-state index contributed by atoms with van der Waals surface area (Å²) in [6.07, 6.45) is 1.02. The van der Waals surface area contributed by atoms with Gasteiger partial charge in [0.15, 0.2) is 0 Å². The van der Waals surface area contributed by atoms with E-state index in [9.17, 15) is 4.79 Å². The van der Waals surface area contributed by atoms with Crippen molar-refractivity contribution in [3.05, 3.63) is 65.2 Å². The molecule has 2 aromatic rings. The molecule has 0 aliphatic carbocycles. The maximum atomic E-state index is 12.0. The summed E-state index contributed by atoms with van der Waals surface area (Å²) in [4.78, 5) is 17.2. The van der Waals surface area contributed by atoms with Gasteiger partial charge in [-0.05, 0) is 29.7 Å². The fraction of sp³-hybridized carbons (Fsp3) is 0.188. The predicted octanol–water partition coefficient (Wildman–Crippen LogP) is 2.52. The number of benzene rings is 2. The van der Waals surface area contributed by atoms with Crippen LogP contribution in [0.2, 0.25) is 0 Å². The van der Waals surface area contributed by atoms with E-state index in [0.29, 0.717) is 12.2 Å². The van der Waals surface area contributed by atoms with Gasteiger partial charge in [0.2, 0.25) is 0 Å². The number of fused-ring (bicyclic) bond motifs is 1. The second-order valence-electron chi connectivity index (χ2n) is 4.75. The van der Waals surface area contributed by atoms with Crippen LogP contribution in [-0.2, 0) is 17.9 Å². The SMILES string of the molecule is O=C(NOCc1ccccc1)c1ccc2c(c1)NCC2. The molecule has 0 saturated carbocycles. The van der Waals surface area contributed by atoms with Gasteiger partial charge in [-0.25, -0.2) is 5.48 Å². The topological polar surface area (TPSA) is 50.4 Å². The number of carbonyl (C=O) groups excluding carboxylic acids is 1. The maximum absolute atomic E-state index is 12.0. The molecule has 1 aliphatic rings. The van der Waals surface area contributed by atoms with Gasteiger partial charge in [-0.3, -0.25) is 9.63 Å². The van der Waals surface area contributed by atoms with Crippen molar-refractivity contribution in [2.45, 2.75) is 13.0 Å². The molecule has 0 fully saturated rings. The van der Waals surface area contributed by atoms with Crippen molar-refractivity contribution in [3.8, 4) is 0 Å². The predicted molar refractivity (Wildman–Crippen MR) is 77.3 cm³/mol. The number of rotatable bonds is 4. The molecule has 1 heterocycles. The monoisotopic (exact) mass is 268 g/mol. The number of hydrogen-bond donors (Lipinski definition) is 2. The Kier molecular flexibility index (Phi) is 3.65. The van der Waals surface area contributed by atoms with Crippen molar-refractivity contribution in [2.24, 2.45) is 0 Å². The summed E-state index contributed by atoms with van der Waals surface area (Å²) < 4.78 is 0. The summed E-state index contributed by atoms with van der Waals surface area (Å²) in [6, 6.07) is 15.4. The summed E-state index contributed by atoms with van der Waals surface area (Å²) in [5, 5.41) is 3.26. The smallest absolute Gasteiger partial charge is 0.274 e. The van der Waals surface area contributed by atoms with E-state index in [1.54, 1.807) is 0 Å². The number of nitrogens with one attached hydrogen (secondary N) is 2. The Morgan fingerprint density at radius 2 is 2.05 bits per heavy atom. The second kappa shape index (κ2) is 5.75. The van der Waals surface area contributed by atoms with Crippen LogP contribution in [0.25, 0.3) is 0 Å². The third-order valence-corrected chi connectivity index (χ3v) is 3.33. The van der Waals surface area contributed by atoms with Crippen molar-refractivity contribution < 1.29 is 9.63 Å². The summed E-state index contributed by atoms with van der Waals surface area (Å²) in [7, 11) is 0. The lowest BCUT2D eigenvalue weighted by Crippen LogP contribution is -2.23. The highest BCUT2D eigenvalue weighted by atomic mass is 16.6. The third-order valence-electron chi connectivity index (χ3n) is 3.33. The largest absolute Gasteiger partial charge is 0.384 e. The van der Waals surface area contributed by atoms with E-state index >= 15 is 0 Å². The van der Waals surface area contributed by atoms with E-state index in [2.05, 4.69) is 10.8 Å². The average Bonchev–Trinajstić information content (AvgIpc) is 2.95. The fourth-order valence-electron chi connectivity index (χ4n) is 2.25. The first-order valence-electron chi connectivity index (χ1n) is 6.66. The van der Waals surface area contributed by atoms with Crippen molar-refractivity contribution in [1.29, 1.82) is 0 Å². The first kappa shape index (κ1) is 12.7. The minimum absolute atomic E-state index is 0.225. The second-order valence-corrected chi connectivity index (χ2v) is 4.75. The van der Waals surface area contributed by atoms with Crippen LogP contribution in [0.3, 0.4) is 0 Å². The normalized spacial score (nSPS) is 12.6. The molecule has 1 amide bonds. The zero-order valence-corrected chi connectivity index (χ0v) is 11.1. The van der Waals surface area contributed by atoms with E-state index in [-0.39, 0.29) is 5.91 Å². The van der Waals surface area contributed by atoms with Gasteiger partial charge in [0.1, 0.15) is 0 Å². The number of carbonyl (C=O) groups is 1. The molecule has 0 spiro atoms. The lowest BCUT2D eigenvalue weighted by Gasteiger charge is -2.07. The molecule has 0 aromatic heterocycles. The minimum Gasteiger partial charge on any atom is -0.384 e. The molecular weight excluding hydrogens is 252 g/mol. The van der Waals surface area contributed by atoms with Crippen LogP contribution < -0.4 is 10.8 Å². The molecule has 0 unspecified atom stereocenters. The molecule has 0 bridgehead atoms. The van der Waals surface area contributed by atoms with Crippen LogP contribution in [0, 0.1) is 0 Å². The van der Waals surface area contributed by atoms with Gasteiger partial charge in [-0.15, -0.1) is 0 Å². The number of amides is 1. The molecule has 1 aliphatic heterocycles. The van der Waals surface area contributed by atoms with Crippen LogP contribution in [0.1, 0.15) is 21.5 Å². The molecule has 0 radical (unpaired) electrons. The van der Waals surface area contributed by atoms with Gasteiger partial charge in [0.05, 0.1) is 6.61 Å². The Balaban J connectivity index is 1.57. The summed E-state index contributed by atoms with van der Waals surface area (Å²) in [5.41, 5.74) is 6.39. The Morgan fingerprint density at radius 3 is 2.90 bits per heavy atom. The molecule has 4 heteroatoms. The molecule has 2 aromatic carbocycles. The molecule has 0 atom stereocenters.